The smallest absolute Gasteiger partial charge is 0.256 e. The van der Waals surface area contributed by atoms with E-state index < -0.39 is 10.0 Å². The Bertz CT molecular complexity index is 453. The summed E-state index contributed by atoms with van der Waals surface area (Å²) in [5.74, 6) is 0.373. The van der Waals surface area contributed by atoms with Crippen LogP contribution in [0.4, 0.5) is 0 Å². The minimum absolute atomic E-state index is 0.205. The Morgan fingerprint density at radius 3 is 2.72 bits per heavy atom. The van der Waals surface area contributed by atoms with Gasteiger partial charge in [-0.2, -0.15) is 5.10 Å². The fourth-order valence-electron chi connectivity index (χ4n) is 1.84. The van der Waals surface area contributed by atoms with Crippen LogP contribution in [0.25, 0.3) is 0 Å². The lowest BCUT2D eigenvalue weighted by atomic mass is 10.0. The van der Waals surface area contributed by atoms with Gasteiger partial charge < -0.3 is 0 Å². The zero-order chi connectivity index (χ0) is 13.6. The Hall–Kier alpha value is -0.400. The Morgan fingerprint density at radius 1 is 1.50 bits per heavy atom. The highest BCUT2D eigenvalue weighted by molar-refractivity contribution is 9.09. The molecule has 1 unspecified atom stereocenters. The summed E-state index contributed by atoms with van der Waals surface area (Å²) in [6.45, 7) is 2.59. The summed E-state index contributed by atoms with van der Waals surface area (Å²) in [5, 5.41) is 4.97. The quantitative estimate of drug-likeness (QED) is 0.737. The van der Waals surface area contributed by atoms with E-state index in [2.05, 4.69) is 32.7 Å². The number of alkyl halides is 1. The molecule has 1 atom stereocenters. The number of aromatic nitrogens is 2. The molecule has 0 aliphatic rings. The molecule has 0 aliphatic heterocycles. The summed E-state index contributed by atoms with van der Waals surface area (Å²) in [5.41, 5.74) is 0. The lowest BCUT2D eigenvalue weighted by molar-refractivity contribution is 0.457. The van der Waals surface area contributed by atoms with Crippen LogP contribution < -0.4 is 4.72 Å². The molecule has 0 saturated carbocycles. The highest BCUT2D eigenvalue weighted by atomic mass is 79.9. The van der Waals surface area contributed by atoms with Crippen molar-refractivity contribution in [1.82, 2.24) is 14.5 Å². The van der Waals surface area contributed by atoms with Crippen molar-refractivity contribution in [2.24, 2.45) is 13.0 Å². The van der Waals surface area contributed by atoms with Crippen LogP contribution >= 0.6 is 15.9 Å². The third-order valence-corrected chi connectivity index (χ3v) is 4.78. The van der Waals surface area contributed by atoms with Gasteiger partial charge in [-0.3, -0.25) is 4.68 Å². The number of sulfonamides is 1. The van der Waals surface area contributed by atoms with Crippen LogP contribution in [0.15, 0.2) is 17.3 Å². The molecule has 0 spiro atoms. The molecule has 1 aromatic heterocycles. The number of nitrogens with zero attached hydrogens (tertiary/aromatic N) is 2. The van der Waals surface area contributed by atoms with E-state index in [1.807, 2.05) is 0 Å². The third kappa shape index (κ3) is 4.37. The first kappa shape index (κ1) is 15.7. The van der Waals surface area contributed by atoms with Crippen molar-refractivity contribution in [3.63, 3.8) is 0 Å². The first-order chi connectivity index (χ1) is 8.51. The van der Waals surface area contributed by atoms with Gasteiger partial charge >= 0.3 is 0 Å². The van der Waals surface area contributed by atoms with Crippen molar-refractivity contribution in [2.75, 3.05) is 11.9 Å². The van der Waals surface area contributed by atoms with E-state index in [0.717, 1.165) is 24.6 Å². The number of halogens is 1. The van der Waals surface area contributed by atoms with Crippen LogP contribution in [0, 0.1) is 5.92 Å². The number of nitrogens with one attached hydrogen (secondary N) is 1. The Balaban J connectivity index is 2.64. The monoisotopic (exact) mass is 337 g/mol. The molecule has 104 valence electrons. The van der Waals surface area contributed by atoms with E-state index in [0.29, 0.717) is 12.5 Å². The minimum atomic E-state index is -3.44. The maximum atomic E-state index is 12.0. The Kier molecular flexibility index (Phi) is 6.31. The highest BCUT2D eigenvalue weighted by Gasteiger charge is 2.19. The van der Waals surface area contributed by atoms with Gasteiger partial charge in [0.1, 0.15) is 0 Å². The van der Waals surface area contributed by atoms with E-state index in [4.69, 9.17) is 0 Å². The maximum Gasteiger partial charge on any atom is 0.257 e. The maximum absolute atomic E-state index is 12.0. The molecule has 0 fully saturated rings. The summed E-state index contributed by atoms with van der Waals surface area (Å²) in [6.07, 6.45) is 4.54. The van der Waals surface area contributed by atoms with E-state index in [-0.39, 0.29) is 5.03 Å². The van der Waals surface area contributed by atoms with Gasteiger partial charge in [-0.05, 0) is 24.8 Å². The molecular weight excluding hydrogens is 318 g/mol. The highest BCUT2D eigenvalue weighted by Crippen LogP contribution is 2.13. The largest absolute Gasteiger partial charge is 0.257 e. The second-order valence-corrected chi connectivity index (χ2v) is 6.78. The predicted molar refractivity (Wildman–Crippen MR) is 75.2 cm³/mol. The second kappa shape index (κ2) is 7.25. The van der Waals surface area contributed by atoms with Gasteiger partial charge in [-0.25, -0.2) is 13.1 Å². The zero-order valence-electron chi connectivity index (χ0n) is 10.8. The first-order valence-corrected chi connectivity index (χ1v) is 8.65. The van der Waals surface area contributed by atoms with Crippen LogP contribution in [-0.2, 0) is 17.1 Å². The average Bonchev–Trinajstić information content (AvgIpc) is 2.74. The number of hydrogen-bond acceptors (Lipinski definition) is 3. The van der Waals surface area contributed by atoms with Crippen molar-refractivity contribution in [3.05, 3.63) is 12.3 Å². The molecule has 0 amide bonds. The average molecular weight is 338 g/mol. The van der Waals surface area contributed by atoms with Crippen LogP contribution in [0.3, 0.4) is 0 Å². The predicted octanol–water partition coefficient (Wildman–Crippen LogP) is 1.90. The molecule has 7 heteroatoms. The molecule has 18 heavy (non-hydrogen) atoms. The third-order valence-electron chi connectivity index (χ3n) is 2.83. The molecule has 1 aromatic rings. The molecular formula is C11H20BrN3O2S. The Labute approximate surface area is 117 Å². The molecule has 0 saturated heterocycles. The van der Waals surface area contributed by atoms with Crippen molar-refractivity contribution < 1.29 is 8.42 Å². The van der Waals surface area contributed by atoms with Crippen molar-refractivity contribution >= 4 is 26.0 Å². The fourth-order valence-corrected chi connectivity index (χ4v) is 3.72. The van der Waals surface area contributed by atoms with Crippen LogP contribution in [0.5, 0.6) is 0 Å². The summed E-state index contributed by atoms with van der Waals surface area (Å²) in [4.78, 5) is 0. The lowest BCUT2D eigenvalue weighted by Gasteiger charge is -2.15. The summed E-state index contributed by atoms with van der Waals surface area (Å²) < 4.78 is 28.1. The minimum Gasteiger partial charge on any atom is -0.256 e. The van der Waals surface area contributed by atoms with Gasteiger partial charge in [-0.1, -0.05) is 29.3 Å². The standard InChI is InChI=1S/C11H20BrN3O2S/c1-3-4-10(5-7-12)9-14-18(16,17)11-6-8-13-15(11)2/h6,8,10,14H,3-5,7,9H2,1-2H3. The van der Waals surface area contributed by atoms with E-state index in [1.165, 1.54) is 16.9 Å². The summed E-state index contributed by atoms with van der Waals surface area (Å²) in [6, 6.07) is 1.50. The van der Waals surface area contributed by atoms with Gasteiger partial charge in [0.05, 0.1) is 6.20 Å². The lowest BCUT2D eigenvalue weighted by Crippen LogP contribution is -2.31. The fraction of sp³-hybridized carbons (Fsp3) is 0.727. The van der Waals surface area contributed by atoms with Crippen molar-refractivity contribution in [1.29, 1.82) is 0 Å². The molecule has 1 rings (SSSR count). The van der Waals surface area contributed by atoms with Gasteiger partial charge in [0.2, 0.25) is 0 Å². The summed E-state index contributed by atoms with van der Waals surface area (Å²) >= 11 is 3.40. The SMILES string of the molecule is CCCC(CCBr)CNS(=O)(=O)c1ccnn1C. The number of aryl methyl sites for hydroxylation is 1. The summed E-state index contributed by atoms with van der Waals surface area (Å²) in [7, 11) is -1.82. The Morgan fingerprint density at radius 2 is 2.22 bits per heavy atom. The molecule has 0 aliphatic carbocycles. The van der Waals surface area contributed by atoms with Crippen molar-refractivity contribution in [3.8, 4) is 0 Å². The molecule has 1 N–H and O–H groups in total. The first-order valence-electron chi connectivity index (χ1n) is 6.05. The topological polar surface area (TPSA) is 64.0 Å². The van der Waals surface area contributed by atoms with Gasteiger partial charge in [0.25, 0.3) is 10.0 Å². The van der Waals surface area contributed by atoms with Gasteiger partial charge in [-0.15, -0.1) is 0 Å². The van der Waals surface area contributed by atoms with Crippen LogP contribution in [0.1, 0.15) is 26.2 Å². The molecule has 1 heterocycles. The van der Waals surface area contributed by atoms with Gasteiger partial charge in [0.15, 0.2) is 5.03 Å². The van der Waals surface area contributed by atoms with E-state index >= 15 is 0 Å². The molecule has 0 bridgehead atoms. The van der Waals surface area contributed by atoms with Gasteiger partial charge in [0, 0.05) is 18.9 Å². The van der Waals surface area contributed by atoms with Crippen LogP contribution in [0.2, 0.25) is 0 Å². The molecule has 5 nitrogen and oxygen atoms in total. The van der Waals surface area contributed by atoms with Crippen molar-refractivity contribution in [2.45, 2.75) is 31.2 Å². The number of hydrogen-bond donors (Lipinski definition) is 1. The molecule has 0 radical (unpaired) electrons. The zero-order valence-corrected chi connectivity index (χ0v) is 13.2. The second-order valence-electron chi connectivity index (χ2n) is 4.28. The normalized spacial score (nSPS) is 13.7. The van der Waals surface area contributed by atoms with E-state index in [1.54, 1.807) is 7.05 Å². The molecule has 0 aromatic carbocycles. The van der Waals surface area contributed by atoms with E-state index in [9.17, 15) is 8.42 Å². The number of rotatable bonds is 8. The van der Waals surface area contributed by atoms with Crippen LogP contribution in [-0.4, -0.2) is 30.1 Å².